The van der Waals surface area contributed by atoms with Crippen molar-refractivity contribution >= 4 is 11.8 Å². The molecule has 1 fully saturated rings. The van der Waals surface area contributed by atoms with E-state index in [0.717, 1.165) is 24.4 Å². The van der Waals surface area contributed by atoms with Gasteiger partial charge in [-0.2, -0.15) is 0 Å². The minimum absolute atomic E-state index is 0.213. The van der Waals surface area contributed by atoms with Crippen LogP contribution >= 0.6 is 11.8 Å². The summed E-state index contributed by atoms with van der Waals surface area (Å²) in [4.78, 5) is 0. The van der Waals surface area contributed by atoms with Crippen LogP contribution in [0.3, 0.4) is 0 Å². The predicted molar refractivity (Wildman–Crippen MR) is 61.3 cm³/mol. The second-order valence-electron chi connectivity index (χ2n) is 3.01. The van der Waals surface area contributed by atoms with Gasteiger partial charge in [0.15, 0.2) is 6.29 Å². The summed E-state index contributed by atoms with van der Waals surface area (Å²) >= 11 is 1.83. The van der Waals surface area contributed by atoms with Crippen molar-refractivity contribution in [3.63, 3.8) is 0 Å². The van der Waals surface area contributed by atoms with Gasteiger partial charge in [-0.3, -0.25) is 0 Å². The van der Waals surface area contributed by atoms with Crippen LogP contribution in [-0.4, -0.2) is 24.1 Å². The monoisotopic (exact) mass is 214 g/mol. The number of thioether (sulfide) groups is 1. The van der Waals surface area contributed by atoms with Gasteiger partial charge in [0.05, 0.1) is 6.61 Å². The third-order valence-corrected chi connectivity index (χ3v) is 3.14. The summed E-state index contributed by atoms with van der Waals surface area (Å²) in [6.07, 6.45) is 4.54. The van der Waals surface area contributed by atoms with E-state index in [-0.39, 0.29) is 11.7 Å². The lowest BCUT2D eigenvalue weighted by molar-refractivity contribution is -0.165. The zero-order valence-electron chi connectivity index (χ0n) is 8.86. The van der Waals surface area contributed by atoms with Crippen LogP contribution in [0.1, 0.15) is 20.3 Å². The number of rotatable bonds is 4. The van der Waals surface area contributed by atoms with Crippen LogP contribution in [-0.2, 0) is 9.47 Å². The Balaban J connectivity index is 2.50. The molecule has 1 aliphatic heterocycles. The van der Waals surface area contributed by atoms with Crippen molar-refractivity contribution < 1.29 is 9.47 Å². The third kappa shape index (κ3) is 3.15. The number of hydrogen-bond donors (Lipinski definition) is 0. The Morgan fingerprint density at radius 2 is 2.43 bits per heavy atom. The predicted octanol–water partition coefficient (Wildman–Crippen LogP) is 2.96. The molecule has 0 spiro atoms. The van der Waals surface area contributed by atoms with Gasteiger partial charge in [-0.1, -0.05) is 25.7 Å². The molecule has 1 saturated heterocycles. The quantitative estimate of drug-likeness (QED) is 0.670. The highest BCUT2D eigenvalue weighted by Crippen LogP contribution is 2.25. The van der Waals surface area contributed by atoms with E-state index in [0.29, 0.717) is 0 Å². The minimum atomic E-state index is -0.213. The Bertz CT molecular complexity index is 211. The molecule has 0 aromatic carbocycles. The standard InChI is InChI=1S/C11H18O2S/c1-4-9(5-2)11-12-8-7-10(13-11)14-6-3/h4-5,10-11H,1,6-8H2,2-3H3/b9-5+. The van der Waals surface area contributed by atoms with Crippen molar-refractivity contribution in [2.45, 2.75) is 32.0 Å². The third-order valence-electron chi connectivity index (χ3n) is 2.09. The van der Waals surface area contributed by atoms with Crippen LogP contribution in [0.5, 0.6) is 0 Å². The lowest BCUT2D eigenvalue weighted by Crippen LogP contribution is -2.31. The molecule has 14 heavy (non-hydrogen) atoms. The maximum Gasteiger partial charge on any atom is 0.184 e. The molecule has 0 amide bonds. The molecule has 0 saturated carbocycles. The van der Waals surface area contributed by atoms with E-state index >= 15 is 0 Å². The van der Waals surface area contributed by atoms with Crippen molar-refractivity contribution in [2.75, 3.05) is 12.4 Å². The zero-order chi connectivity index (χ0) is 10.4. The highest BCUT2D eigenvalue weighted by Gasteiger charge is 2.24. The Kier molecular flexibility index (Phi) is 5.30. The summed E-state index contributed by atoms with van der Waals surface area (Å²) in [6.45, 7) is 8.63. The minimum Gasteiger partial charge on any atom is -0.348 e. The molecule has 0 bridgehead atoms. The van der Waals surface area contributed by atoms with E-state index in [1.807, 2.05) is 24.8 Å². The summed E-state index contributed by atoms with van der Waals surface area (Å²) in [6, 6.07) is 0. The fourth-order valence-corrected chi connectivity index (χ4v) is 2.16. The fraction of sp³-hybridized carbons (Fsp3) is 0.636. The van der Waals surface area contributed by atoms with Gasteiger partial charge in [0.1, 0.15) is 5.44 Å². The summed E-state index contributed by atoms with van der Waals surface area (Å²) in [5.41, 5.74) is 1.29. The SMILES string of the molecule is C=C/C(=C\C)C1OCCC(SCC)O1. The van der Waals surface area contributed by atoms with Gasteiger partial charge < -0.3 is 9.47 Å². The normalized spacial score (nSPS) is 28.9. The van der Waals surface area contributed by atoms with Crippen LogP contribution < -0.4 is 0 Å². The first-order valence-corrected chi connectivity index (χ1v) is 6.04. The molecule has 0 aliphatic carbocycles. The molecule has 1 rings (SSSR count). The lowest BCUT2D eigenvalue weighted by Gasteiger charge is -2.30. The molecule has 3 heteroatoms. The number of hydrogen-bond acceptors (Lipinski definition) is 3. The Morgan fingerprint density at radius 1 is 1.64 bits per heavy atom. The van der Waals surface area contributed by atoms with E-state index in [4.69, 9.17) is 9.47 Å². The summed E-state index contributed by atoms with van der Waals surface area (Å²) in [5.74, 6) is 1.08. The molecule has 0 N–H and O–H groups in total. The second-order valence-corrected chi connectivity index (χ2v) is 4.44. The number of allylic oxidation sites excluding steroid dienone is 1. The van der Waals surface area contributed by atoms with Gasteiger partial charge in [0.2, 0.25) is 0 Å². The van der Waals surface area contributed by atoms with Crippen LogP contribution in [0.25, 0.3) is 0 Å². The maximum absolute atomic E-state index is 5.77. The van der Waals surface area contributed by atoms with Gasteiger partial charge in [-0.05, 0) is 12.7 Å². The van der Waals surface area contributed by atoms with Crippen molar-refractivity contribution in [3.8, 4) is 0 Å². The van der Waals surface area contributed by atoms with E-state index in [1.54, 1.807) is 6.08 Å². The molecule has 80 valence electrons. The van der Waals surface area contributed by atoms with Crippen LogP contribution in [0.4, 0.5) is 0 Å². The molecule has 2 atom stereocenters. The maximum atomic E-state index is 5.77. The van der Waals surface area contributed by atoms with Gasteiger partial charge in [-0.15, -0.1) is 11.8 Å². The van der Waals surface area contributed by atoms with E-state index in [1.165, 1.54) is 0 Å². The second kappa shape index (κ2) is 6.27. The summed E-state index contributed by atoms with van der Waals surface area (Å²) in [5, 5.41) is 0. The van der Waals surface area contributed by atoms with E-state index in [9.17, 15) is 0 Å². The average Bonchev–Trinajstić information content (AvgIpc) is 2.21. The number of ether oxygens (including phenoxy) is 2. The van der Waals surface area contributed by atoms with Gasteiger partial charge in [-0.25, -0.2) is 0 Å². The molecule has 0 aromatic rings. The van der Waals surface area contributed by atoms with Crippen LogP contribution in [0.15, 0.2) is 24.3 Å². The molecule has 2 unspecified atom stereocenters. The van der Waals surface area contributed by atoms with Crippen molar-refractivity contribution in [3.05, 3.63) is 24.3 Å². The molecule has 0 aromatic heterocycles. The van der Waals surface area contributed by atoms with Crippen LogP contribution in [0, 0.1) is 0 Å². The molecule has 1 heterocycles. The van der Waals surface area contributed by atoms with E-state index in [2.05, 4.69) is 13.5 Å². The Labute approximate surface area is 90.4 Å². The van der Waals surface area contributed by atoms with Gasteiger partial charge in [0, 0.05) is 12.0 Å². The van der Waals surface area contributed by atoms with Gasteiger partial charge >= 0.3 is 0 Å². The first-order chi connectivity index (χ1) is 6.81. The Hall–Kier alpha value is -0.250. The smallest absolute Gasteiger partial charge is 0.184 e. The van der Waals surface area contributed by atoms with Gasteiger partial charge in [0.25, 0.3) is 0 Å². The molecule has 0 radical (unpaired) electrons. The molecular formula is C11H18O2S. The zero-order valence-corrected chi connectivity index (χ0v) is 9.68. The van der Waals surface area contributed by atoms with Crippen molar-refractivity contribution in [1.82, 2.24) is 0 Å². The molecule has 2 nitrogen and oxygen atoms in total. The molecule has 1 aliphatic rings. The van der Waals surface area contributed by atoms with E-state index < -0.39 is 0 Å². The Morgan fingerprint density at radius 3 is 3.00 bits per heavy atom. The molecular weight excluding hydrogens is 196 g/mol. The van der Waals surface area contributed by atoms with Crippen molar-refractivity contribution in [2.24, 2.45) is 0 Å². The highest BCUT2D eigenvalue weighted by molar-refractivity contribution is 7.99. The van der Waals surface area contributed by atoms with Crippen molar-refractivity contribution in [1.29, 1.82) is 0 Å². The topological polar surface area (TPSA) is 18.5 Å². The summed E-state index contributed by atoms with van der Waals surface area (Å²) < 4.78 is 11.3. The first kappa shape index (κ1) is 11.8. The average molecular weight is 214 g/mol. The summed E-state index contributed by atoms with van der Waals surface area (Å²) in [7, 11) is 0. The fourth-order valence-electron chi connectivity index (χ4n) is 1.35. The van der Waals surface area contributed by atoms with Crippen LogP contribution in [0.2, 0.25) is 0 Å². The first-order valence-electron chi connectivity index (χ1n) is 4.99. The highest BCUT2D eigenvalue weighted by atomic mass is 32.2. The lowest BCUT2D eigenvalue weighted by atomic mass is 10.2. The largest absolute Gasteiger partial charge is 0.348 e.